The van der Waals surface area contributed by atoms with Crippen LogP contribution in [-0.4, -0.2) is 9.55 Å². The maximum absolute atomic E-state index is 4.58. The van der Waals surface area contributed by atoms with Crippen LogP contribution in [0.4, 0.5) is 0 Å². The number of nitrogens with zero attached hydrogens (tertiary/aromatic N) is 2. The largest absolute Gasteiger partial charge is 0.335 e. The van der Waals surface area contributed by atoms with Crippen LogP contribution in [0.15, 0.2) is 12.4 Å². The molecule has 0 aliphatic rings. The molecular formula is C23H44N2. The van der Waals surface area contributed by atoms with Crippen molar-refractivity contribution in [3.63, 3.8) is 0 Å². The lowest BCUT2D eigenvalue weighted by molar-refractivity contribution is 0.523. The van der Waals surface area contributed by atoms with Gasteiger partial charge in [-0.25, -0.2) is 4.98 Å². The van der Waals surface area contributed by atoms with Crippen LogP contribution in [0.1, 0.15) is 122 Å². The van der Waals surface area contributed by atoms with Crippen LogP contribution in [0.25, 0.3) is 0 Å². The predicted octanol–water partition coefficient (Wildman–Crippen LogP) is 7.71. The Morgan fingerprint density at radius 1 is 0.640 bits per heavy atom. The molecule has 0 N–H and O–H groups in total. The monoisotopic (exact) mass is 348 g/mol. The molecule has 0 saturated carbocycles. The number of aryl methyl sites for hydroxylation is 2. The first-order valence-electron chi connectivity index (χ1n) is 11.4. The number of imidazole rings is 1. The Kier molecular flexibility index (Phi) is 14.8. The highest BCUT2D eigenvalue weighted by Crippen LogP contribution is 2.13. The molecule has 0 fully saturated rings. The van der Waals surface area contributed by atoms with Crippen molar-refractivity contribution >= 4 is 0 Å². The Bertz CT molecular complexity index is 383. The van der Waals surface area contributed by atoms with Crippen LogP contribution in [0.3, 0.4) is 0 Å². The summed E-state index contributed by atoms with van der Waals surface area (Å²) in [7, 11) is 0. The molecule has 0 atom stereocenters. The summed E-state index contributed by atoms with van der Waals surface area (Å²) in [6.45, 7) is 5.74. The van der Waals surface area contributed by atoms with Crippen molar-refractivity contribution in [1.82, 2.24) is 9.55 Å². The lowest BCUT2D eigenvalue weighted by Gasteiger charge is -2.08. The average Bonchev–Trinajstić information content (AvgIpc) is 3.07. The van der Waals surface area contributed by atoms with E-state index in [0.717, 1.165) is 6.42 Å². The zero-order chi connectivity index (χ0) is 18.0. The lowest BCUT2D eigenvalue weighted by Crippen LogP contribution is -2.03. The van der Waals surface area contributed by atoms with Gasteiger partial charge in [0.1, 0.15) is 5.82 Å². The van der Waals surface area contributed by atoms with Crippen molar-refractivity contribution in [2.24, 2.45) is 0 Å². The molecule has 0 aliphatic heterocycles. The van der Waals surface area contributed by atoms with Gasteiger partial charge in [-0.3, -0.25) is 0 Å². The van der Waals surface area contributed by atoms with E-state index < -0.39 is 0 Å². The van der Waals surface area contributed by atoms with Crippen molar-refractivity contribution in [3.8, 4) is 0 Å². The Hall–Kier alpha value is -0.790. The second-order valence-corrected chi connectivity index (χ2v) is 7.74. The zero-order valence-corrected chi connectivity index (χ0v) is 17.3. The lowest BCUT2D eigenvalue weighted by atomic mass is 10.1. The first-order valence-corrected chi connectivity index (χ1v) is 11.4. The molecule has 1 rings (SSSR count). The molecule has 0 amide bonds. The second-order valence-electron chi connectivity index (χ2n) is 7.74. The molecule has 1 aromatic rings. The molecule has 1 heterocycles. The van der Waals surface area contributed by atoms with Crippen molar-refractivity contribution in [1.29, 1.82) is 0 Å². The SMILES string of the molecule is CCCCCCCCCCCCn1ccnc1CCCCCCCC. The fraction of sp³-hybridized carbons (Fsp3) is 0.870. The van der Waals surface area contributed by atoms with Crippen LogP contribution in [-0.2, 0) is 13.0 Å². The zero-order valence-electron chi connectivity index (χ0n) is 17.3. The summed E-state index contributed by atoms with van der Waals surface area (Å²) in [5, 5.41) is 0. The van der Waals surface area contributed by atoms with Gasteiger partial charge in [0.15, 0.2) is 0 Å². The molecule has 0 saturated heterocycles. The summed E-state index contributed by atoms with van der Waals surface area (Å²) in [6.07, 6.45) is 27.6. The van der Waals surface area contributed by atoms with Gasteiger partial charge in [0.2, 0.25) is 0 Å². The highest BCUT2D eigenvalue weighted by molar-refractivity contribution is 4.92. The number of hydrogen-bond acceptors (Lipinski definition) is 1. The van der Waals surface area contributed by atoms with Crippen molar-refractivity contribution in [3.05, 3.63) is 18.2 Å². The number of unbranched alkanes of at least 4 members (excludes halogenated alkanes) is 14. The summed E-state index contributed by atoms with van der Waals surface area (Å²) in [5.41, 5.74) is 0. The van der Waals surface area contributed by atoms with Crippen LogP contribution in [0, 0.1) is 0 Å². The fourth-order valence-corrected chi connectivity index (χ4v) is 3.60. The van der Waals surface area contributed by atoms with Crippen LogP contribution < -0.4 is 0 Å². The molecule has 0 aromatic carbocycles. The van der Waals surface area contributed by atoms with Crippen molar-refractivity contribution in [2.45, 2.75) is 130 Å². The third kappa shape index (κ3) is 12.2. The van der Waals surface area contributed by atoms with Gasteiger partial charge < -0.3 is 4.57 Å². The second kappa shape index (κ2) is 16.7. The molecule has 25 heavy (non-hydrogen) atoms. The van der Waals surface area contributed by atoms with E-state index in [-0.39, 0.29) is 0 Å². The van der Waals surface area contributed by atoms with Crippen LogP contribution in [0.5, 0.6) is 0 Å². The van der Waals surface area contributed by atoms with Crippen LogP contribution in [0.2, 0.25) is 0 Å². The average molecular weight is 349 g/mol. The van der Waals surface area contributed by atoms with E-state index in [4.69, 9.17) is 0 Å². The van der Waals surface area contributed by atoms with Crippen molar-refractivity contribution < 1.29 is 0 Å². The molecule has 0 aliphatic carbocycles. The first kappa shape index (κ1) is 22.3. The Labute approximate surface area is 157 Å². The van der Waals surface area contributed by atoms with Gasteiger partial charge in [-0.2, -0.15) is 0 Å². The molecule has 2 nitrogen and oxygen atoms in total. The molecule has 0 radical (unpaired) electrons. The summed E-state index contributed by atoms with van der Waals surface area (Å²) in [6, 6.07) is 0. The van der Waals surface area contributed by atoms with Gasteiger partial charge >= 0.3 is 0 Å². The third-order valence-corrected chi connectivity index (χ3v) is 5.31. The van der Waals surface area contributed by atoms with Gasteiger partial charge in [0, 0.05) is 25.4 Å². The normalized spacial score (nSPS) is 11.3. The van der Waals surface area contributed by atoms with Gasteiger partial charge in [-0.15, -0.1) is 0 Å². The van der Waals surface area contributed by atoms with Crippen molar-refractivity contribution in [2.75, 3.05) is 0 Å². The summed E-state index contributed by atoms with van der Waals surface area (Å²) in [4.78, 5) is 4.58. The van der Waals surface area contributed by atoms with E-state index in [1.54, 1.807) is 0 Å². The van der Waals surface area contributed by atoms with E-state index >= 15 is 0 Å². The van der Waals surface area contributed by atoms with E-state index in [9.17, 15) is 0 Å². The molecular weight excluding hydrogens is 304 g/mol. The number of rotatable bonds is 18. The van der Waals surface area contributed by atoms with E-state index in [1.165, 1.54) is 115 Å². The Morgan fingerprint density at radius 3 is 1.68 bits per heavy atom. The minimum Gasteiger partial charge on any atom is -0.335 e. The smallest absolute Gasteiger partial charge is 0.108 e. The Balaban J connectivity index is 1.98. The van der Waals surface area contributed by atoms with Gasteiger partial charge in [0.05, 0.1) is 0 Å². The summed E-state index contributed by atoms with van der Waals surface area (Å²) in [5.74, 6) is 1.31. The molecule has 0 spiro atoms. The topological polar surface area (TPSA) is 17.8 Å². The van der Waals surface area contributed by atoms with E-state index in [2.05, 4.69) is 29.6 Å². The van der Waals surface area contributed by atoms with Gasteiger partial charge in [0.25, 0.3) is 0 Å². The number of hydrogen-bond donors (Lipinski definition) is 0. The van der Waals surface area contributed by atoms with E-state index in [0.29, 0.717) is 0 Å². The van der Waals surface area contributed by atoms with E-state index in [1.807, 2.05) is 6.20 Å². The van der Waals surface area contributed by atoms with Gasteiger partial charge in [-0.1, -0.05) is 104 Å². The quantitative estimate of drug-likeness (QED) is 0.248. The summed E-state index contributed by atoms with van der Waals surface area (Å²) < 4.78 is 2.40. The maximum atomic E-state index is 4.58. The molecule has 2 heteroatoms. The third-order valence-electron chi connectivity index (χ3n) is 5.31. The molecule has 1 aromatic heterocycles. The minimum absolute atomic E-state index is 1.16. The standard InChI is InChI=1S/C23H44N2/c1-3-5-7-9-11-12-13-14-16-18-21-25-22-20-24-23(25)19-17-15-10-8-6-4-2/h20,22H,3-19,21H2,1-2H3. The minimum atomic E-state index is 1.16. The summed E-state index contributed by atoms with van der Waals surface area (Å²) >= 11 is 0. The number of aromatic nitrogens is 2. The highest BCUT2D eigenvalue weighted by Gasteiger charge is 2.02. The highest BCUT2D eigenvalue weighted by atomic mass is 15.1. The first-order chi connectivity index (χ1) is 12.4. The maximum Gasteiger partial charge on any atom is 0.108 e. The molecule has 0 unspecified atom stereocenters. The van der Waals surface area contributed by atoms with Crippen LogP contribution >= 0.6 is 0 Å². The predicted molar refractivity (Wildman–Crippen MR) is 111 cm³/mol. The molecule has 146 valence electrons. The Morgan fingerprint density at radius 2 is 1.12 bits per heavy atom. The van der Waals surface area contributed by atoms with Gasteiger partial charge in [-0.05, 0) is 12.8 Å². The fourth-order valence-electron chi connectivity index (χ4n) is 3.60. The molecule has 0 bridgehead atoms.